The summed E-state index contributed by atoms with van der Waals surface area (Å²) >= 11 is 1.71. The van der Waals surface area contributed by atoms with E-state index in [1.165, 1.54) is 5.56 Å². The molecule has 3 aromatic rings. The van der Waals surface area contributed by atoms with Crippen LogP contribution in [0.3, 0.4) is 0 Å². The van der Waals surface area contributed by atoms with Crippen molar-refractivity contribution in [3.63, 3.8) is 0 Å². The highest BCUT2D eigenvalue weighted by molar-refractivity contribution is 7.11. The number of methoxy groups -OCH3 is 1. The SMILES string of the molecule is COc1ccc(Cc2nnc(C3CCN(CC(=O)NCc4ccccc4)CC3)s2)cc1. The smallest absolute Gasteiger partial charge is 0.234 e. The number of carbonyl (C=O) groups excluding carboxylic acids is 1. The summed E-state index contributed by atoms with van der Waals surface area (Å²) < 4.78 is 5.21. The Hall–Kier alpha value is -2.77. The first-order valence-corrected chi connectivity index (χ1v) is 11.5. The number of aromatic nitrogens is 2. The van der Waals surface area contributed by atoms with Crippen LogP contribution in [0, 0.1) is 0 Å². The number of carbonyl (C=O) groups is 1. The highest BCUT2D eigenvalue weighted by atomic mass is 32.1. The maximum atomic E-state index is 12.3. The van der Waals surface area contributed by atoms with Crippen molar-refractivity contribution >= 4 is 17.2 Å². The van der Waals surface area contributed by atoms with Crippen LogP contribution in [0.25, 0.3) is 0 Å². The lowest BCUT2D eigenvalue weighted by atomic mass is 9.98. The van der Waals surface area contributed by atoms with Crippen LogP contribution in [0.4, 0.5) is 0 Å². The lowest BCUT2D eigenvalue weighted by Crippen LogP contribution is -2.41. The number of nitrogens with one attached hydrogen (secondary N) is 1. The van der Waals surface area contributed by atoms with Crippen molar-refractivity contribution in [2.75, 3.05) is 26.7 Å². The lowest BCUT2D eigenvalue weighted by Gasteiger charge is -2.30. The fraction of sp³-hybridized carbons (Fsp3) is 0.375. The maximum absolute atomic E-state index is 12.3. The molecule has 1 saturated heterocycles. The topological polar surface area (TPSA) is 67.4 Å². The van der Waals surface area contributed by atoms with Gasteiger partial charge in [0.1, 0.15) is 15.8 Å². The van der Waals surface area contributed by atoms with Crippen molar-refractivity contribution in [3.05, 3.63) is 75.7 Å². The summed E-state index contributed by atoms with van der Waals surface area (Å²) in [5, 5.41) is 14.1. The number of ether oxygens (including phenoxy) is 1. The van der Waals surface area contributed by atoms with Crippen molar-refractivity contribution in [3.8, 4) is 5.75 Å². The molecule has 4 rings (SSSR count). The molecule has 0 radical (unpaired) electrons. The van der Waals surface area contributed by atoms with Gasteiger partial charge in [-0.05, 0) is 49.2 Å². The second-order valence-electron chi connectivity index (χ2n) is 7.87. The Morgan fingerprint density at radius 2 is 1.81 bits per heavy atom. The number of amides is 1. The average molecular weight is 437 g/mol. The zero-order valence-corrected chi connectivity index (χ0v) is 18.6. The van der Waals surface area contributed by atoms with E-state index in [2.05, 4.69) is 32.5 Å². The molecule has 0 bridgehead atoms. The molecule has 1 aliphatic heterocycles. The minimum Gasteiger partial charge on any atom is -0.497 e. The summed E-state index contributed by atoms with van der Waals surface area (Å²) in [7, 11) is 1.68. The first kappa shape index (κ1) is 21.5. The zero-order valence-electron chi connectivity index (χ0n) is 17.8. The van der Waals surface area contributed by atoms with Gasteiger partial charge in [0.25, 0.3) is 0 Å². The molecule has 2 heterocycles. The molecule has 1 fully saturated rings. The van der Waals surface area contributed by atoms with Crippen LogP contribution in [0.5, 0.6) is 5.75 Å². The Bertz CT molecular complexity index is 967. The first-order chi connectivity index (χ1) is 15.2. The van der Waals surface area contributed by atoms with E-state index in [-0.39, 0.29) is 5.91 Å². The zero-order chi connectivity index (χ0) is 21.5. The summed E-state index contributed by atoms with van der Waals surface area (Å²) in [6.07, 6.45) is 2.83. The number of rotatable bonds is 8. The fourth-order valence-electron chi connectivity index (χ4n) is 3.81. The average Bonchev–Trinajstić information content (AvgIpc) is 3.28. The number of hydrogen-bond acceptors (Lipinski definition) is 6. The monoisotopic (exact) mass is 436 g/mol. The molecular formula is C24H28N4O2S. The minimum atomic E-state index is 0.0833. The van der Waals surface area contributed by atoms with Gasteiger partial charge < -0.3 is 10.1 Å². The predicted octanol–water partition coefficient (Wildman–Crippen LogP) is 3.63. The Labute approximate surface area is 187 Å². The second kappa shape index (κ2) is 10.5. The van der Waals surface area contributed by atoms with Crippen LogP contribution in [-0.4, -0.2) is 47.7 Å². The van der Waals surface area contributed by atoms with Gasteiger partial charge >= 0.3 is 0 Å². The molecule has 7 heteroatoms. The first-order valence-electron chi connectivity index (χ1n) is 10.7. The van der Waals surface area contributed by atoms with Gasteiger partial charge in [-0.3, -0.25) is 9.69 Å². The van der Waals surface area contributed by atoms with Gasteiger partial charge in [0.05, 0.1) is 13.7 Å². The molecule has 0 aliphatic carbocycles. The van der Waals surface area contributed by atoms with E-state index in [9.17, 15) is 4.79 Å². The van der Waals surface area contributed by atoms with Gasteiger partial charge in [0.15, 0.2) is 0 Å². The highest BCUT2D eigenvalue weighted by Gasteiger charge is 2.24. The van der Waals surface area contributed by atoms with Crippen LogP contribution in [0.15, 0.2) is 54.6 Å². The standard InChI is InChI=1S/C24H28N4O2S/c1-30-21-9-7-18(8-10-21)15-23-26-27-24(31-23)20-11-13-28(14-12-20)17-22(29)25-16-19-5-3-2-4-6-19/h2-10,20H,11-17H2,1H3,(H,25,29). The number of piperidine rings is 1. The summed E-state index contributed by atoms with van der Waals surface area (Å²) in [6.45, 7) is 2.87. The molecule has 0 atom stereocenters. The van der Waals surface area contributed by atoms with E-state index < -0.39 is 0 Å². The third kappa shape index (κ3) is 6.12. The van der Waals surface area contributed by atoms with E-state index in [0.717, 1.165) is 53.7 Å². The number of hydrogen-bond donors (Lipinski definition) is 1. The van der Waals surface area contributed by atoms with Gasteiger partial charge in [-0.1, -0.05) is 42.5 Å². The van der Waals surface area contributed by atoms with Crippen molar-refractivity contribution in [1.29, 1.82) is 0 Å². The Balaban J connectivity index is 1.22. The highest BCUT2D eigenvalue weighted by Crippen LogP contribution is 2.30. The largest absolute Gasteiger partial charge is 0.497 e. The van der Waals surface area contributed by atoms with Crippen LogP contribution in [0.2, 0.25) is 0 Å². The van der Waals surface area contributed by atoms with E-state index in [1.807, 2.05) is 42.5 Å². The third-order valence-electron chi connectivity index (χ3n) is 5.63. The van der Waals surface area contributed by atoms with Crippen LogP contribution < -0.4 is 10.1 Å². The molecule has 31 heavy (non-hydrogen) atoms. The normalized spacial score (nSPS) is 15.0. The molecule has 1 aromatic heterocycles. The van der Waals surface area contributed by atoms with E-state index >= 15 is 0 Å². The van der Waals surface area contributed by atoms with Crippen LogP contribution in [0.1, 0.15) is 39.9 Å². The van der Waals surface area contributed by atoms with Gasteiger partial charge in [-0.15, -0.1) is 21.5 Å². The number of likely N-dealkylation sites (tertiary alicyclic amines) is 1. The van der Waals surface area contributed by atoms with Gasteiger partial charge in [0.2, 0.25) is 5.91 Å². The van der Waals surface area contributed by atoms with Crippen molar-refractivity contribution in [2.45, 2.75) is 31.7 Å². The molecule has 6 nitrogen and oxygen atoms in total. The minimum absolute atomic E-state index is 0.0833. The molecule has 2 aromatic carbocycles. The van der Waals surface area contributed by atoms with Crippen molar-refractivity contribution < 1.29 is 9.53 Å². The van der Waals surface area contributed by atoms with Crippen molar-refractivity contribution in [2.24, 2.45) is 0 Å². The van der Waals surface area contributed by atoms with Gasteiger partial charge in [-0.2, -0.15) is 0 Å². The molecule has 1 N–H and O–H groups in total. The Morgan fingerprint density at radius 1 is 1.06 bits per heavy atom. The molecule has 1 amide bonds. The summed E-state index contributed by atoms with van der Waals surface area (Å²) in [5.41, 5.74) is 2.33. The lowest BCUT2D eigenvalue weighted by molar-refractivity contribution is -0.122. The molecule has 0 spiro atoms. The summed E-state index contributed by atoms with van der Waals surface area (Å²) in [6, 6.07) is 18.1. The molecule has 1 aliphatic rings. The van der Waals surface area contributed by atoms with Crippen LogP contribution in [-0.2, 0) is 17.8 Å². The molecule has 0 unspecified atom stereocenters. The Morgan fingerprint density at radius 3 is 2.52 bits per heavy atom. The van der Waals surface area contributed by atoms with Crippen LogP contribution >= 0.6 is 11.3 Å². The van der Waals surface area contributed by atoms with E-state index in [1.54, 1.807) is 18.4 Å². The quantitative estimate of drug-likeness (QED) is 0.584. The van der Waals surface area contributed by atoms with E-state index in [0.29, 0.717) is 19.0 Å². The summed E-state index contributed by atoms with van der Waals surface area (Å²) in [5.74, 6) is 1.38. The van der Waals surface area contributed by atoms with E-state index in [4.69, 9.17) is 4.74 Å². The molecule has 0 saturated carbocycles. The van der Waals surface area contributed by atoms with Gasteiger partial charge in [-0.25, -0.2) is 0 Å². The number of benzene rings is 2. The fourth-order valence-corrected chi connectivity index (χ4v) is 4.86. The van der Waals surface area contributed by atoms with Gasteiger partial charge in [0, 0.05) is 18.9 Å². The second-order valence-corrected chi connectivity index (χ2v) is 8.97. The summed E-state index contributed by atoms with van der Waals surface area (Å²) in [4.78, 5) is 14.5. The maximum Gasteiger partial charge on any atom is 0.234 e. The predicted molar refractivity (Wildman–Crippen MR) is 122 cm³/mol. The van der Waals surface area contributed by atoms with Crippen molar-refractivity contribution in [1.82, 2.24) is 20.4 Å². The molecule has 162 valence electrons. The molecular weight excluding hydrogens is 408 g/mol. The number of nitrogens with zero attached hydrogens (tertiary/aromatic N) is 3. The third-order valence-corrected chi connectivity index (χ3v) is 6.72. The Kier molecular flexibility index (Phi) is 7.27.